The molecule has 2 rings (SSSR count). The summed E-state index contributed by atoms with van der Waals surface area (Å²) in [6, 6.07) is 8.03. The molecule has 1 unspecified atom stereocenters. The highest BCUT2D eigenvalue weighted by Gasteiger charge is 2.14. The molecule has 3 N–H and O–H groups in total. The maximum Gasteiger partial charge on any atom is 0.251 e. The normalized spacial score (nSPS) is 11.5. The fraction of sp³-hybridized carbons (Fsp3) is 0.286. The molecule has 0 aromatic heterocycles. The van der Waals surface area contributed by atoms with Crippen molar-refractivity contribution in [2.45, 2.75) is 39.7 Å². The lowest BCUT2D eigenvalue weighted by atomic mass is 10.1. The van der Waals surface area contributed by atoms with E-state index in [1.807, 2.05) is 0 Å². The zero-order valence-electron chi connectivity index (χ0n) is 16.4. The van der Waals surface area contributed by atoms with Crippen LogP contribution in [0.1, 0.15) is 43.1 Å². The van der Waals surface area contributed by atoms with Crippen molar-refractivity contribution < 1.29 is 23.2 Å². The van der Waals surface area contributed by atoms with Crippen LogP contribution in [0.3, 0.4) is 0 Å². The Morgan fingerprint density at radius 2 is 1.48 bits per heavy atom. The van der Waals surface area contributed by atoms with Crippen molar-refractivity contribution in [2.75, 3.05) is 10.6 Å². The minimum absolute atomic E-state index is 0.246. The number of anilines is 2. The highest BCUT2D eigenvalue weighted by Crippen LogP contribution is 2.20. The highest BCUT2D eigenvalue weighted by molar-refractivity contribution is 6.00. The van der Waals surface area contributed by atoms with E-state index in [1.54, 1.807) is 13.0 Å². The van der Waals surface area contributed by atoms with Crippen LogP contribution in [0.2, 0.25) is 0 Å². The average molecular weight is 403 g/mol. The Balaban J connectivity index is 2.06. The molecule has 0 heterocycles. The number of nitrogens with one attached hydrogen (secondary N) is 3. The maximum atomic E-state index is 13.3. The molecule has 0 aliphatic heterocycles. The summed E-state index contributed by atoms with van der Waals surface area (Å²) in [5, 5.41) is 8.00. The maximum absolute atomic E-state index is 13.3. The van der Waals surface area contributed by atoms with Crippen LogP contribution in [0.15, 0.2) is 36.4 Å². The van der Waals surface area contributed by atoms with Gasteiger partial charge < -0.3 is 16.0 Å². The Morgan fingerprint density at radius 1 is 0.897 bits per heavy atom. The van der Waals surface area contributed by atoms with E-state index in [9.17, 15) is 23.2 Å². The van der Waals surface area contributed by atoms with Gasteiger partial charge in [-0.2, -0.15) is 0 Å². The Bertz CT molecular complexity index is 897. The molecule has 1 atom stereocenters. The lowest BCUT2D eigenvalue weighted by molar-refractivity contribution is -0.115. The second kappa shape index (κ2) is 9.77. The van der Waals surface area contributed by atoms with E-state index >= 15 is 0 Å². The van der Waals surface area contributed by atoms with Gasteiger partial charge in [0.15, 0.2) is 11.6 Å². The SMILES string of the molecule is CC(=O)Nc1cc(NC(C)=O)cc(C(=O)NC(C)CCc2ccc(F)c(F)c2)c1. The summed E-state index contributed by atoms with van der Waals surface area (Å²) in [5.41, 5.74) is 1.65. The summed E-state index contributed by atoms with van der Waals surface area (Å²) in [7, 11) is 0. The summed E-state index contributed by atoms with van der Waals surface area (Å²) in [6.07, 6.45) is 0.975. The number of hydrogen-bond donors (Lipinski definition) is 3. The van der Waals surface area contributed by atoms with Gasteiger partial charge in [-0.1, -0.05) is 6.07 Å². The van der Waals surface area contributed by atoms with E-state index < -0.39 is 11.6 Å². The van der Waals surface area contributed by atoms with Crippen molar-refractivity contribution in [2.24, 2.45) is 0 Å². The van der Waals surface area contributed by atoms with Crippen molar-refractivity contribution in [3.05, 3.63) is 59.2 Å². The molecule has 0 aliphatic carbocycles. The van der Waals surface area contributed by atoms with E-state index in [1.165, 1.54) is 32.0 Å². The van der Waals surface area contributed by atoms with Crippen LogP contribution in [0.4, 0.5) is 20.2 Å². The molecule has 2 aromatic carbocycles. The van der Waals surface area contributed by atoms with Crippen LogP contribution in [-0.4, -0.2) is 23.8 Å². The van der Waals surface area contributed by atoms with Crippen LogP contribution in [0, 0.1) is 11.6 Å². The first-order chi connectivity index (χ1) is 13.6. The highest BCUT2D eigenvalue weighted by atomic mass is 19.2. The Morgan fingerprint density at radius 3 is 2.00 bits per heavy atom. The molecule has 8 heteroatoms. The second-order valence-corrected chi connectivity index (χ2v) is 6.82. The van der Waals surface area contributed by atoms with Crippen molar-refractivity contribution in [3.63, 3.8) is 0 Å². The van der Waals surface area contributed by atoms with E-state index in [-0.39, 0.29) is 29.3 Å². The number of carbonyl (C=O) groups is 3. The second-order valence-electron chi connectivity index (χ2n) is 6.82. The quantitative estimate of drug-likeness (QED) is 0.660. The number of rotatable bonds is 7. The predicted molar refractivity (Wildman–Crippen MR) is 107 cm³/mol. The van der Waals surface area contributed by atoms with Gasteiger partial charge in [-0.15, -0.1) is 0 Å². The molecule has 0 aliphatic rings. The monoisotopic (exact) mass is 403 g/mol. The van der Waals surface area contributed by atoms with Gasteiger partial charge in [0.2, 0.25) is 11.8 Å². The van der Waals surface area contributed by atoms with Gasteiger partial charge in [0.05, 0.1) is 0 Å². The molecule has 6 nitrogen and oxygen atoms in total. The van der Waals surface area contributed by atoms with Crippen LogP contribution < -0.4 is 16.0 Å². The van der Waals surface area contributed by atoms with Gasteiger partial charge in [0.25, 0.3) is 5.91 Å². The van der Waals surface area contributed by atoms with Crippen molar-refractivity contribution >= 4 is 29.1 Å². The topological polar surface area (TPSA) is 87.3 Å². The van der Waals surface area contributed by atoms with E-state index in [4.69, 9.17) is 0 Å². The fourth-order valence-corrected chi connectivity index (χ4v) is 2.77. The Hall–Kier alpha value is -3.29. The Kier molecular flexibility index (Phi) is 7.41. The molecule has 154 valence electrons. The zero-order chi connectivity index (χ0) is 21.6. The van der Waals surface area contributed by atoms with Crippen LogP contribution in [0.25, 0.3) is 0 Å². The first-order valence-corrected chi connectivity index (χ1v) is 9.09. The van der Waals surface area contributed by atoms with Crippen molar-refractivity contribution in [1.29, 1.82) is 0 Å². The molecule has 2 aromatic rings. The predicted octanol–water partition coefficient (Wildman–Crippen LogP) is 3.63. The number of hydrogen-bond acceptors (Lipinski definition) is 3. The third-order valence-electron chi connectivity index (χ3n) is 4.06. The molecule has 0 fully saturated rings. The molecule has 0 radical (unpaired) electrons. The summed E-state index contributed by atoms with van der Waals surface area (Å²) >= 11 is 0. The minimum atomic E-state index is -0.903. The first-order valence-electron chi connectivity index (χ1n) is 9.09. The average Bonchev–Trinajstić information content (AvgIpc) is 2.61. The molecule has 0 spiro atoms. The number of benzene rings is 2. The van der Waals surface area contributed by atoms with Crippen LogP contribution in [-0.2, 0) is 16.0 Å². The van der Waals surface area contributed by atoms with E-state index in [0.29, 0.717) is 29.8 Å². The van der Waals surface area contributed by atoms with Gasteiger partial charge in [-0.25, -0.2) is 8.78 Å². The smallest absolute Gasteiger partial charge is 0.251 e. The minimum Gasteiger partial charge on any atom is -0.350 e. The number of aryl methyl sites for hydroxylation is 1. The number of halogens is 2. The Labute approximate surface area is 167 Å². The zero-order valence-corrected chi connectivity index (χ0v) is 16.4. The van der Waals surface area contributed by atoms with Crippen molar-refractivity contribution in [3.8, 4) is 0 Å². The molecule has 0 saturated carbocycles. The summed E-state index contributed by atoms with van der Waals surface area (Å²) in [5.74, 6) is -2.81. The van der Waals surface area contributed by atoms with Crippen molar-refractivity contribution in [1.82, 2.24) is 5.32 Å². The van der Waals surface area contributed by atoms with Gasteiger partial charge in [0.1, 0.15) is 0 Å². The fourth-order valence-electron chi connectivity index (χ4n) is 2.77. The molecular weight excluding hydrogens is 380 g/mol. The molecule has 0 bridgehead atoms. The summed E-state index contributed by atoms with van der Waals surface area (Å²) in [6.45, 7) is 4.47. The largest absolute Gasteiger partial charge is 0.350 e. The third-order valence-corrected chi connectivity index (χ3v) is 4.06. The third kappa shape index (κ3) is 6.99. The van der Waals surface area contributed by atoms with Gasteiger partial charge in [-0.3, -0.25) is 14.4 Å². The summed E-state index contributed by atoms with van der Waals surface area (Å²) in [4.78, 5) is 35.2. The van der Waals surface area contributed by atoms with E-state index in [0.717, 1.165) is 12.1 Å². The number of carbonyl (C=O) groups excluding carboxylic acids is 3. The van der Waals surface area contributed by atoms with Gasteiger partial charge in [0, 0.05) is 36.8 Å². The molecule has 0 saturated heterocycles. The van der Waals surface area contributed by atoms with Crippen LogP contribution >= 0.6 is 0 Å². The van der Waals surface area contributed by atoms with Gasteiger partial charge in [-0.05, 0) is 55.7 Å². The van der Waals surface area contributed by atoms with Gasteiger partial charge >= 0.3 is 0 Å². The lowest BCUT2D eigenvalue weighted by Crippen LogP contribution is -2.33. The lowest BCUT2D eigenvalue weighted by Gasteiger charge is -2.16. The van der Waals surface area contributed by atoms with E-state index in [2.05, 4.69) is 16.0 Å². The van der Waals surface area contributed by atoms with Crippen LogP contribution in [0.5, 0.6) is 0 Å². The summed E-state index contributed by atoms with van der Waals surface area (Å²) < 4.78 is 26.3. The molecule has 3 amide bonds. The first kappa shape index (κ1) is 22.0. The standard InChI is InChI=1S/C21H23F2N3O3/c1-12(4-5-15-6-7-19(22)20(23)8-15)24-21(29)16-9-17(25-13(2)27)11-18(10-16)26-14(3)28/h6-12H,4-5H2,1-3H3,(H,24,29)(H,25,27)(H,26,28). The number of amides is 3. The molecular formula is C21H23F2N3O3. The molecule has 29 heavy (non-hydrogen) atoms.